The Morgan fingerprint density at radius 2 is 1.85 bits per heavy atom. The van der Waals surface area contributed by atoms with Crippen molar-refractivity contribution < 1.29 is 27.8 Å². The largest absolute Gasteiger partial charge is 0.493 e. The summed E-state index contributed by atoms with van der Waals surface area (Å²) < 4.78 is 26.3. The number of ether oxygens (including phenoxy) is 3. The maximum atomic E-state index is 12.1. The maximum absolute atomic E-state index is 12.1. The van der Waals surface area contributed by atoms with E-state index in [1.165, 1.54) is 33.7 Å². The van der Waals surface area contributed by atoms with Crippen molar-refractivity contribution in [1.82, 2.24) is 10.2 Å². The molecule has 0 saturated carbocycles. The first kappa shape index (κ1) is 18.1. The summed E-state index contributed by atoms with van der Waals surface area (Å²) in [5.74, 6) is 1.57. The van der Waals surface area contributed by atoms with E-state index in [4.69, 9.17) is 23.0 Å². The number of hydrogen-bond acceptors (Lipinski definition) is 8. The van der Waals surface area contributed by atoms with Gasteiger partial charge in [0.05, 0.1) is 27.6 Å². The third-order valence-electron chi connectivity index (χ3n) is 3.50. The number of nitrogens with one attached hydrogen (secondary N) is 1. The number of benzene rings is 1. The monoisotopic (exact) mass is 371 g/mol. The van der Waals surface area contributed by atoms with E-state index in [9.17, 15) is 4.79 Å². The van der Waals surface area contributed by atoms with Gasteiger partial charge < -0.3 is 23.0 Å². The normalized spacial score (nSPS) is 10.8. The Labute approximate surface area is 154 Å². The lowest BCUT2D eigenvalue weighted by atomic mass is 10.1. The molecule has 9 heteroatoms. The summed E-state index contributed by atoms with van der Waals surface area (Å²) in [5, 5.41) is 10.0. The molecule has 140 valence electrons. The van der Waals surface area contributed by atoms with Crippen LogP contribution in [0.2, 0.25) is 0 Å². The van der Waals surface area contributed by atoms with Gasteiger partial charge in [-0.2, -0.15) is 0 Å². The highest BCUT2D eigenvalue weighted by molar-refractivity contribution is 6.00. The molecule has 3 aromatic rings. The molecule has 3 rings (SSSR count). The molecule has 2 heterocycles. The molecule has 0 aliphatic rings. The van der Waals surface area contributed by atoms with E-state index >= 15 is 0 Å². The topological polar surface area (TPSA) is 109 Å². The number of methoxy groups -OCH3 is 3. The Morgan fingerprint density at radius 3 is 2.44 bits per heavy atom. The maximum Gasteiger partial charge on any atom is 0.322 e. The molecular formula is C18H17N3O6. The average molecular weight is 371 g/mol. The van der Waals surface area contributed by atoms with Crippen LogP contribution < -0.4 is 19.5 Å². The van der Waals surface area contributed by atoms with Crippen molar-refractivity contribution in [2.24, 2.45) is 0 Å². The molecule has 1 N–H and O–H groups in total. The first-order valence-corrected chi connectivity index (χ1v) is 7.81. The summed E-state index contributed by atoms with van der Waals surface area (Å²) in [6, 6.07) is 6.75. The van der Waals surface area contributed by atoms with E-state index in [1.54, 1.807) is 30.3 Å². The van der Waals surface area contributed by atoms with Crippen molar-refractivity contribution in [1.29, 1.82) is 0 Å². The molecule has 2 aromatic heterocycles. The van der Waals surface area contributed by atoms with Crippen molar-refractivity contribution in [2.75, 3.05) is 26.6 Å². The van der Waals surface area contributed by atoms with Gasteiger partial charge in [-0.15, -0.1) is 5.10 Å². The Bertz CT molecular complexity index is 921. The van der Waals surface area contributed by atoms with Gasteiger partial charge in [0.25, 0.3) is 11.8 Å². The highest BCUT2D eigenvalue weighted by atomic mass is 16.5. The van der Waals surface area contributed by atoms with E-state index in [-0.39, 0.29) is 11.9 Å². The number of aromatic nitrogens is 2. The molecular weight excluding hydrogens is 354 g/mol. The zero-order valence-electron chi connectivity index (χ0n) is 14.9. The standard InChI is InChI=1S/C18H17N3O6/c1-23-13-9-11(10-14(24-2)16(13)25-3)6-7-15(22)19-18-21-20-17(27-18)12-5-4-8-26-12/h4-10H,1-3H3,(H,19,21,22). The predicted octanol–water partition coefficient (Wildman–Crippen LogP) is 3.01. The molecule has 27 heavy (non-hydrogen) atoms. The number of rotatable bonds is 7. The predicted molar refractivity (Wildman–Crippen MR) is 95.8 cm³/mol. The molecule has 0 fully saturated rings. The molecule has 0 unspecified atom stereocenters. The van der Waals surface area contributed by atoms with Gasteiger partial charge in [-0.25, -0.2) is 0 Å². The molecule has 1 amide bonds. The molecule has 0 atom stereocenters. The van der Waals surface area contributed by atoms with Crippen LogP contribution in [-0.4, -0.2) is 37.4 Å². The number of anilines is 1. The molecule has 0 spiro atoms. The molecule has 1 aromatic carbocycles. The fourth-order valence-corrected chi connectivity index (χ4v) is 2.29. The number of carbonyl (C=O) groups excluding carboxylic acids is 1. The van der Waals surface area contributed by atoms with Crippen LogP contribution in [0, 0.1) is 0 Å². The molecule has 0 aliphatic carbocycles. The average Bonchev–Trinajstić information content (AvgIpc) is 3.37. The minimum Gasteiger partial charge on any atom is -0.493 e. The highest BCUT2D eigenvalue weighted by Gasteiger charge is 2.13. The Kier molecular flexibility index (Phi) is 5.41. The molecule has 9 nitrogen and oxygen atoms in total. The minimum atomic E-state index is -0.446. The lowest BCUT2D eigenvalue weighted by Crippen LogP contribution is -2.07. The van der Waals surface area contributed by atoms with Crippen molar-refractivity contribution >= 4 is 18.0 Å². The molecule has 0 aliphatic heterocycles. The van der Waals surface area contributed by atoms with Gasteiger partial charge >= 0.3 is 6.01 Å². The lowest BCUT2D eigenvalue weighted by Gasteiger charge is -2.12. The van der Waals surface area contributed by atoms with Gasteiger partial charge in [-0.3, -0.25) is 10.1 Å². The number of nitrogens with zero attached hydrogens (tertiary/aromatic N) is 2. The number of hydrogen-bond donors (Lipinski definition) is 1. The summed E-state index contributed by atoms with van der Waals surface area (Å²) in [5.41, 5.74) is 0.682. The minimum absolute atomic E-state index is 0.0408. The summed E-state index contributed by atoms with van der Waals surface area (Å²) >= 11 is 0. The number of furan rings is 1. The smallest absolute Gasteiger partial charge is 0.322 e. The van der Waals surface area contributed by atoms with Crippen molar-refractivity contribution in [2.45, 2.75) is 0 Å². The summed E-state index contributed by atoms with van der Waals surface area (Å²) in [7, 11) is 4.55. The van der Waals surface area contributed by atoms with Gasteiger partial charge in [0.2, 0.25) is 5.75 Å². The fourth-order valence-electron chi connectivity index (χ4n) is 2.29. The number of amides is 1. The van der Waals surface area contributed by atoms with Gasteiger partial charge in [-0.1, -0.05) is 5.10 Å². The second-order valence-corrected chi connectivity index (χ2v) is 5.17. The summed E-state index contributed by atoms with van der Waals surface area (Å²) in [6.07, 6.45) is 4.39. The Balaban J connectivity index is 1.71. The van der Waals surface area contributed by atoms with Crippen molar-refractivity contribution in [3.8, 4) is 28.9 Å². The van der Waals surface area contributed by atoms with Gasteiger partial charge in [-0.05, 0) is 35.9 Å². The van der Waals surface area contributed by atoms with Crippen LogP contribution in [0.15, 0.2) is 45.4 Å². The second kappa shape index (κ2) is 8.09. The highest BCUT2D eigenvalue weighted by Crippen LogP contribution is 2.38. The van der Waals surface area contributed by atoms with Crippen LogP contribution in [0.5, 0.6) is 17.2 Å². The van der Waals surface area contributed by atoms with Crippen LogP contribution in [-0.2, 0) is 4.79 Å². The zero-order chi connectivity index (χ0) is 19.2. The summed E-state index contributed by atoms with van der Waals surface area (Å²) in [4.78, 5) is 12.1. The van der Waals surface area contributed by atoms with Crippen LogP contribution in [0.25, 0.3) is 17.7 Å². The third kappa shape index (κ3) is 4.09. The first-order valence-electron chi connectivity index (χ1n) is 7.81. The molecule has 0 bridgehead atoms. The SMILES string of the molecule is COc1cc(C=CC(=O)Nc2nnc(-c3ccco3)o2)cc(OC)c1OC. The van der Waals surface area contributed by atoms with Gasteiger partial charge in [0.1, 0.15) is 0 Å². The van der Waals surface area contributed by atoms with Gasteiger partial charge in [0.15, 0.2) is 17.3 Å². The summed E-state index contributed by atoms with van der Waals surface area (Å²) in [6.45, 7) is 0. The van der Waals surface area contributed by atoms with Crippen LogP contribution in [0.3, 0.4) is 0 Å². The van der Waals surface area contributed by atoms with E-state index in [1.807, 2.05) is 0 Å². The van der Waals surface area contributed by atoms with Gasteiger partial charge in [0, 0.05) is 6.08 Å². The fraction of sp³-hybridized carbons (Fsp3) is 0.167. The van der Waals surface area contributed by atoms with E-state index < -0.39 is 5.91 Å². The quantitative estimate of drug-likeness (QED) is 0.631. The van der Waals surface area contributed by atoms with Crippen LogP contribution in [0.1, 0.15) is 5.56 Å². The molecule has 0 saturated heterocycles. The van der Waals surface area contributed by atoms with Crippen LogP contribution >= 0.6 is 0 Å². The van der Waals surface area contributed by atoms with E-state index in [0.717, 1.165) is 0 Å². The van der Waals surface area contributed by atoms with E-state index in [2.05, 4.69) is 15.5 Å². The lowest BCUT2D eigenvalue weighted by molar-refractivity contribution is -0.112. The van der Waals surface area contributed by atoms with Crippen LogP contribution in [0.4, 0.5) is 6.01 Å². The zero-order valence-corrected chi connectivity index (χ0v) is 14.9. The number of carbonyl (C=O) groups is 1. The van der Waals surface area contributed by atoms with E-state index in [0.29, 0.717) is 28.6 Å². The third-order valence-corrected chi connectivity index (χ3v) is 3.50. The second-order valence-electron chi connectivity index (χ2n) is 5.17. The van der Waals surface area contributed by atoms with Crippen molar-refractivity contribution in [3.05, 3.63) is 42.2 Å². The first-order chi connectivity index (χ1) is 13.1. The Hall–Kier alpha value is -3.75. The Morgan fingerprint density at radius 1 is 1.11 bits per heavy atom. The molecule has 0 radical (unpaired) electrons. The van der Waals surface area contributed by atoms with Crippen molar-refractivity contribution in [3.63, 3.8) is 0 Å².